The zero-order valence-electron chi connectivity index (χ0n) is 15.1. The Morgan fingerprint density at radius 1 is 1.27 bits per heavy atom. The molecule has 134 valence electrons. The molecule has 1 saturated carbocycles. The van der Waals surface area contributed by atoms with Crippen molar-refractivity contribution in [3.05, 3.63) is 64.0 Å². The Morgan fingerprint density at radius 3 is 2.77 bits per heavy atom. The molecule has 0 bridgehead atoms. The average molecular weight is 366 g/mol. The number of rotatable bonds is 6. The highest BCUT2D eigenvalue weighted by molar-refractivity contribution is 7.10. The molecule has 1 aliphatic carbocycles. The lowest BCUT2D eigenvalue weighted by Gasteiger charge is -2.23. The van der Waals surface area contributed by atoms with Crippen LogP contribution in [-0.4, -0.2) is 36.4 Å². The lowest BCUT2D eigenvalue weighted by atomic mass is 10.1. The Balaban J connectivity index is 1.59. The number of hydrogen-bond acceptors (Lipinski definition) is 4. The van der Waals surface area contributed by atoms with Crippen molar-refractivity contribution in [2.75, 3.05) is 20.6 Å². The summed E-state index contributed by atoms with van der Waals surface area (Å²) < 4.78 is 0. The number of nitrogens with one attached hydrogen (secondary N) is 1. The molecule has 0 saturated heterocycles. The van der Waals surface area contributed by atoms with Crippen LogP contribution in [0.15, 0.2) is 47.8 Å². The van der Waals surface area contributed by atoms with Crippen LogP contribution in [0.1, 0.15) is 45.7 Å². The first-order valence-electron chi connectivity index (χ1n) is 9.01. The molecular formula is C21H23N3OS. The minimum Gasteiger partial charge on any atom is -0.350 e. The second kappa shape index (κ2) is 7.17. The number of aromatic nitrogens is 1. The summed E-state index contributed by atoms with van der Waals surface area (Å²) in [5.41, 5.74) is 2.70. The summed E-state index contributed by atoms with van der Waals surface area (Å²) in [4.78, 5) is 21.2. The Kier molecular flexibility index (Phi) is 4.74. The van der Waals surface area contributed by atoms with Crippen molar-refractivity contribution in [1.82, 2.24) is 15.2 Å². The van der Waals surface area contributed by atoms with E-state index in [0.717, 1.165) is 22.2 Å². The smallest absolute Gasteiger partial charge is 0.252 e. The standard InChI is InChI=1S/C21H23N3OS/c1-24(2)19(20-8-5-11-26-20)13-22-21(25)16-12-18(14-9-10-14)23-17-7-4-3-6-15(16)17/h3-8,11-12,14,19H,9-10,13H2,1-2H3,(H,22,25). The van der Waals surface area contributed by atoms with Crippen LogP contribution in [0.5, 0.6) is 0 Å². The Bertz CT molecular complexity index is 916. The highest BCUT2D eigenvalue weighted by atomic mass is 32.1. The molecule has 0 aliphatic heterocycles. The lowest BCUT2D eigenvalue weighted by molar-refractivity contribution is 0.0944. The first-order chi connectivity index (χ1) is 12.6. The lowest BCUT2D eigenvalue weighted by Crippen LogP contribution is -2.34. The van der Waals surface area contributed by atoms with E-state index in [1.807, 2.05) is 44.4 Å². The van der Waals surface area contributed by atoms with Crippen molar-refractivity contribution in [1.29, 1.82) is 0 Å². The van der Waals surface area contributed by atoms with E-state index < -0.39 is 0 Å². The highest BCUT2D eigenvalue weighted by Gasteiger charge is 2.27. The van der Waals surface area contributed by atoms with Gasteiger partial charge in [-0.1, -0.05) is 24.3 Å². The summed E-state index contributed by atoms with van der Waals surface area (Å²) >= 11 is 1.72. The van der Waals surface area contributed by atoms with Crippen molar-refractivity contribution in [3.8, 4) is 0 Å². The van der Waals surface area contributed by atoms with Gasteiger partial charge >= 0.3 is 0 Å². The van der Waals surface area contributed by atoms with Gasteiger partial charge in [-0.3, -0.25) is 9.78 Å². The maximum atomic E-state index is 13.0. The van der Waals surface area contributed by atoms with Gasteiger partial charge in [-0.25, -0.2) is 0 Å². The number of pyridine rings is 1. The number of hydrogen-bond donors (Lipinski definition) is 1. The number of likely N-dealkylation sites (N-methyl/N-ethyl adjacent to an activating group) is 1. The molecule has 1 atom stereocenters. The third kappa shape index (κ3) is 3.50. The predicted octanol–water partition coefficient (Wildman–Crippen LogP) is 4.21. The number of carbonyl (C=O) groups is 1. The first kappa shape index (κ1) is 17.2. The molecule has 5 heteroatoms. The van der Waals surface area contributed by atoms with Crippen LogP contribution in [0.25, 0.3) is 10.9 Å². The molecular weight excluding hydrogens is 342 g/mol. The number of carbonyl (C=O) groups excluding carboxylic acids is 1. The van der Waals surface area contributed by atoms with Crippen LogP contribution >= 0.6 is 11.3 Å². The number of nitrogens with zero attached hydrogens (tertiary/aromatic N) is 2. The van der Waals surface area contributed by atoms with E-state index in [2.05, 4.69) is 27.7 Å². The van der Waals surface area contributed by atoms with Crippen LogP contribution in [0.2, 0.25) is 0 Å². The molecule has 2 aromatic heterocycles. The molecule has 2 heterocycles. The molecule has 1 N–H and O–H groups in total. The molecule has 1 unspecified atom stereocenters. The number of thiophene rings is 1. The van der Waals surface area contributed by atoms with Crippen molar-refractivity contribution in [2.24, 2.45) is 0 Å². The minimum absolute atomic E-state index is 0.0195. The van der Waals surface area contributed by atoms with Gasteiger partial charge in [0.2, 0.25) is 0 Å². The van der Waals surface area contributed by atoms with Crippen LogP contribution in [0.3, 0.4) is 0 Å². The van der Waals surface area contributed by atoms with E-state index in [1.165, 1.54) is 17.7 Å². The molecule has 1 amide bonds. The van der Waals surface area contributed by atoms with Gasteiger partial charge in [-0.2, -0.15) is 0 Å². The molecule has 1 aliphatic rings. The van der Waals surface area contributed by atoms with Crippen LogP contribution in [-0.2, 0) is 0 Å². The molecule has 3 aromatic rings. The molecule has 1 aromatic carbocycles. The monoisotopic (exact) mass is 365 g/mol. The van der Waals surface area contributed by atoms with Gasteiger partial charge in [0.15, 0.2) is 0 Å². The van der Waals surface area contributed by atoms with Gasteiger partial charge in [-0.15, -0.1) is 11.3 Å². The summed E-state index contributed by atoms with van der Waals surface area (Å²) in [5, 5.41) is 6.14. The summed E-state index contributed by atoms with van der Waals surface area (Å²) in [6.07, 6.45) is 2.35. The van der Waals surface area contributed by atoms with Gasteiger partial charge < -0.3 is 10.2 Å². The molecule has 0 spiro atoms. The van der Waals surface area contributed by atoms with Gasteiger partial charge in [0, 0.05) is 28.4 Å². The number of fused-ring (bicyclic) bond motifs is 1. The van der Waals surface area contributed by atoms with Gasteiger partial charge in [0.05, 0.1) is 17.1 Å². The average Bonchev–Trinajstić information content (AvgIpc) is 3.36. The van der Waals surface area contributed by atoms with E-state index in [9.17, 15) is 4.79 Å². The number of benzene rings is 1. The Hall–Kier alpha value is -2.24. The summed E-state index contributed by atoms with van der Waals surface area (Å²) in [6.45, 7) is 0.585. The Labute approximate surface area is 157 Å². The molecule has 4 nitrogen and oxygen atoms in total. The summed E-state index contributed by atoms with van der Waals surface area (Å²) in [7, 11) is 4.09. The number of amides is 1. The quantitative estimate of drug-likeness (QED) is 0.712. The van der Waals surface area contributed by atoms with E-state index in [0.29, 0.717) is 12.5 Å². The van der Waals surface area contributed by atoms with Crippen LogP contribution in [0.4, 0.5) is 0 Å². The molecule has 26 heavy (non-hydrogen) atoms. The van der Waals surface area contributed by atoms with Crippen molar-refractivity contribution in [2.45, 2.75) is 24.8 Å². The van der Waals surface area contributed by atoms with E-state index in [-0.39, 0.29) is 11.9 Å². The maximum Gasteiger partial charge on any atom is 0.252 e. The molecule has 1 fully saturated rings. The van der Waals surface area contributed by atoms with Crippen molar-refractivity contribution < 1.29 is 4.79 Å². The largest absolute Gasteiger partial charge is 0.350 e. The minimum atomic E-state index is -0.0195. The van der Waals surface area contributed by atoms with E-state index in [1.54, 1.807) is 11.3 Å². The van der Waals surface area contributed by atoms with E-state index in [4.69, 9.17) is 4.98 Å². The van der Waals surface area contributed by atoms with Crippen molar-refractivity contribution >= 4 is 28.1 Å². The van der Waals surface area contributed by atoms with Gasteiger partial charge in [0.25, 0.3) is 5.91 Å². The zero-order valence-corrected chi connectivity index (χ0v) is 15.9. The van der Waals surface area contributed by atoms with E-state index >= 15 is 0 Å². The fraction of sp³-hybridized carbons (Fsp3) is 0.333. The molecule has 0 radical (unpaired) electrons. The third-order valence-electron chi connectivity index (χ3n) is 4.93. The normalized spacial score (nSPS) is 15.3. The summed E-state index contributed by atoms with van der Waals surface area (Å²) in [5.74, 6) is 0.501. The summed E-state index contributed by atoms with van der Waals surface area (Å²) in [6, 6.07) is 14.3. The fourth-order valence-electron chi connectivity index (χ4n) is 3.28. The third-order valence-corrected chi connectivity index (χ3v) is 5.90. The highest BCUT2D eigenvalue weighted by Crippen LogP contribution is 2.40. The topological polar surface area (TPSA) is 45.2 Å². The maximum absolute atomic E-state index is 13.0. The fourth-order valence-corrected chi connectivity index (χ4v) is 4.20. The zero-order chi connectivity index (χ0) is 18.1. The number of para-hydroxylation sites is 1. The first-order valence-corrected chi connectivity index (χ1v) is 9.89. The Morgan fingerprint density at radius 2 is 2.08 bits per heavy atom. The van der Waals surface area contributed by atoms with Gasteiger partial charge in [0.1, 0.15) is 0 Å². The van der Waals surface area contributed by atoms with Crippen LogP contribution in [0, 0.1) is 0 Å². The van der Waals surface area contributed by atoms with Crippen molar-refractivity contribution in [3.63, 3.8) is 0 Å². The second-order valence-corrected chi connectivity index (χ2v) is 8.07. The van der Waals surface area contributed by atoms with Crippen LogP contribution < -0.4 is 5.32 Å². The second-order valence-electron chi connectivity index (χ2n) is 7.09. The molecule has 4 rings (SSSR count). The predicted molar refractivity (Wildman–Crippen MR) is 107 cm³/mol. The SMILES string of the molecule is CN(C)C(CNC(=O)c1cc(C2CC2)nc2ccccc12)c1cccs1. The van der Waals surface area contributed by atoms with Gasteiger partial charge in [-0.05, 0) is 50.5 Å².